The number of morpholine rings is 1. The van der Waals surface area contributed by atoms with Gasteiger partial charge in [0.1, 0.15) is 11.5 Å². The van der Waals surface area contributed by atoms with Gasteiger partial charge in [0.25, 0.3) is 15.9 Å². The third-order valence-corrected chi connectivity index (χ3v) is 8.23. The second-order valence-electron chi connectivity index (χ2n) is 8.92. The van der Waals surface area contributed by atoms with E-state index >= 15 is 0 Å². The number of fused-ring (bicyclic) bond motifs is 1. The Kier molecular flexibility index (Phi) is 6.94. The quantitative estimate of drug-likeness (QED) is 0.529. The van der Waals surface area contributed by atoms with Gasteiger partial charge >= 0.3 is 0 Å². The number of nitrogens with one attached hydrogen (secondary N) is 1. The minimum Gasteiger partial charge on any atom is -0.497 e. The first-order chi connectivity index (χ1) is 17.8. The summed E-state index contributed by atoms with van der Waals surface area (Å²) in [6.45, 7) is 4.73. The van der Waals surface area contributed by atoms with E-state index in [0.717, 1.165) is 24.3 Å². The van der Waals surface area contributed by atoms with Crippen LogP contribution in [0.5, 0.6) is 11.5 Å². The van der Waals surface area contributed by atoms with Crippen molar-refractivity contribution in [3.63, 3.8) is 0 Å². The monoisotopic (exact) mass is 523 g/mol. The predicted molar refractivity (Wildman–Crippen MR) is 141 cm³/mol. The minimum absolute atomic E-state index is 0.0968. The van der Waals surface area contributed by atoms with Crippen molar-refractivity contribution in [2.24, 2.45) is 0 Å². The van der Waals surface area contributed by atoms with Crippen molar-refractivity contribution in [3.8, 4) is 11.5 Å². The highest BCUT2D eigenvalue weighted by molar-refractivity contribution is 7.92. The molecule has 9 nitrogen and oxygen atoms in total. The van der Waals surface area contributed by atoms with Crippen LogP contribution in [-0.4, -0.2) is 60.4 Å². The standard InChI is InChI=1S/C27H29N3O6S/c1-19-3-12-24-25(17-19)36-26(18-30(24)37(32,33)23-10-8-22(34-2)9-11-23)27(31)28-20-4-6-21(7-5-20)29-13-15-35-16-14-29/h3-12,17,26H,13-16,18H2,1-2H3,(H,28,31). The maximum atomic E-state index is 13.6. The number of aryl methyl sites for hydroxylation is 1. The number of nitrogens with zero attached hydrogens (tertiary/aromatic N) is 2. The number of sulfonamides is 1. The summed E-state index contributed by atoms with van der Waals surface area (Å²) in [7, 11) is -2.45. The molecule has 1 atom stereocenters. The van der Waals surface area contributed by atoms with E-state index in [1.54, 1.807) is 24.3 Å². The maximum Gasteiger partial charge on any atom is 0.267 e. The molecule has 1 N–H and O–H groups in total. The summed E-state index contributed by atoms with van der Waals surface area (Å²) >= 11 is 0. The molecule has 1 fully saturated rings. The SMILES string of the molecule is COc1ccc(S(=O)(=O)N2CC(C(=O)Nc3ccc(N4CCOCC4)cc3)Oc3cc(C)ccc32)cc1. The maximum absolute atomic E-state index is 13.6. The number of anilines is 3. The number of carbonyl (C=O) groups is 1. The largest absolute Gasteiger partial charge is 0.497 e. The highest BCUT2D eigenvalue weighted by Gasteiger charge is 2.37. The summed E-state index contributed by atoms with van der Waals surface area (Å²) in [5.74, 6) is 0.459. The second-order valence-corrected chi connectivity index (χ2v) is 10.8. The molecule has 0 bridgehead atoms. The van der Waals surface area contributed by atoms with Gasteiger partial charge in [-0.05, 0) is 73.2 Å². The zero-order valence-corrected chi connectivity index (χ0v) is 21.5. The lowest BCUT2D eigenvalue weighted by Crippen LogP contribution is -2.48. The Bertz CT molecular complexity index is 1370. The van der Waals surface area contributed by atoms with Gasteiger partial charge in [-0.1, -0.05) is 6.07 Å². The minimum atomic E-state index is -3.97. The van der Waals surface area contributed by atoms with Crippen LogP contribution in [0.4, 0.5) is 17.1 Å². The number of benzene rings is 3. The summed E-state index contributed by atoms with van der Waals surface area (Å²) in [5.41, 5.74) is 2.93. The zero-order chi connectivity index (χ0) is 26.0. The Balaban J connectivity index is 1.38. The molecule has 3 aromatic carbocycles. The Morgan fingerprint density at radius 1 is 1.00 bits per heavy atom. The first-order valence-corrected chi connectivity index (χ1v) is 13.5. The van der Waals surface area contributed by atoms with Gasteiger partial charge in [-0.25, -0.2) is 8.42 Å². The van der Waals surface area contributed by atoms with Crippen LogP contribution >= 0.6 is 0 Å². The Labute approximate surface area is 216 Å². The van der Waals surface area contributed by atoms with E-state index in [9.17, 15) is 13.2 Å². The predicted octanol–water partition coefficient (Wildman–Crippen LogP) is 3.44. The summed E-state index contributed by atoms with van der Waals surface area (Å²) < 4.78 is 45.1. The van der Waals surface area contributed by atoms with E-state index in [4.69, 9.17) is 14.2 Å². The molecule has 10 heteroatoms. The van der Waals surface area contributed by atoms with Crippen LogP contribution in [0.25, 0.3) is 0 Å². The number of rotatable bonds is 6. The molecular formula is C27H29N3O6S. The molecule has 0 aromatic heterocycles. The molecule has 3 aromatic rings. The van der Waals surface area contributed by atoms with E-state index in [1.807, 2.05) is 37.3 Å². The fourth-order valence-corrected chi connectivity index (χ4v) is 5.88. The molecule has 1 amide bonds. The van der Waals surface area contributed by atoms with Crippen LogP contribution in [0.15, 0.2) is 71.6 Å². The molecule has 1 saturated heterocycles. The number of ether oxygens (including phenoxy) is 3. The summed E-state index contributed by atoms with van der Waals surface area (Å²) in [6.07, 6.45) is -1.04. The van der Waals surface area contributed by atoms with Crippen LogP contribution in [0.3, 0.4) is 0 Å². The molecule has 0 radical (unpaired) electrons. The molecule has 1 unspecified atom stereocenters. The molecule has 0 aliphatic carbocycles. The van der Waals surface area contributed by atoms with Crippen LogP contribution < -0.4 is 24.0 Å². The Morgan fingerprint density at radius 2 is 1.70 bits per heavy atom. The van der Waals surface area contributed by atoms with Crippen LogP contribution in [-0.2, 0) is 19.6 Å². The molecule has 0 saturated carbocycles. The topological polar surface area (TPSA) is 97.4 Å². The summed E-state index contributed by atoms with van der Waals surface area (Å²) in [4.78, 5) is 15.6. The van der Waals surface area contributed by atoms with Gasteiger partial charge in [-0.2, -0.15) is 0 Å². The summed E-state index contributed by atoms with van der Waals surface area (Å²) in [5, 5.41) is 2.87. The molecule has 0 spiro atoms. The highest BCUT2D eigenvalue weighted by atomic mass is 32.2. The van der Waals surface area contributed by atoms with Gasteiger partial charge in [0.15, 0.2) is 6.10 Å². The molecule has 5 rings (SSSR count). The van der Waals surface area contributed by atoms with Crippen molar-refractivity contribution in [3.05, 3.63) is 72.3 Å². The van der Waals surface area contributed by atoms with Gasteiger partial charge in [-0.15, -0.1) is 0 Å². The third-order valence-electron chi connectivity index (χ3n) is 6.44. The van der Waals surface area contributed by atoms with Crippen LogP contribution in [0.1, 0.15) is 5.56 Å². The molecule has 194 valence electrons. The first-order valence-electron chi connectivity index (χ1n) is 12.0. The van der Waals surface area contributed by atoms with Crippen molar-refractivity contribution in [1.29, 1.82) is 0 Å². The number of amides is 1. The van der Waals surface area contributed by atoms with Crippen molar-refractivity contribution in [1.82, 2.24) is 0 Å². The lowest BCUT2D eigenvalue weighted by molar-refractivity contribution is -0.122. The van der Waals surface area contributed by atoms with E-state index in [2.05, 4.69) is 10.2 Å². The van der Waals surface area contributed by atoms with Gasteiger partial charge in [0, 0.05) is 24.5 Å². The fourth-order valence-electron chi connectivity index (χ4n) is 4.40. The van der Waals surface area contributed by atoms with Crippen LogP contribution in [0, 0.1) is 6.92 Å². The van der Waals surface area contributed by atoms with Gasteiger partial charge < -0.3 is 24.4 Å². The van der Waals surface area contributed by atoms with Gasteiger partial charge in [-0.3, -0.25) is 9.10 Å². The van der Waals surface area contributed by atoms with Crippen molar-refractivity contribution < 1.29 is 27.4 Å². The molecule has 2 aliphatic rings. The Morgan fingerprint density at radius 3 is 2.38 bits per heavy atom. The van der Waals surface area contributed by atoms with E-state index < -0.39 is 22.0 Å². The second kappa shape index (κ2) is 10.3. The fraction of sp³-hybridized carbons (Fsp3) is 0.296. The molecule has 2 aliphatic heterocycles. The lowest BCUT2D eigenvalue weighted by atomic mass is 10.1. The summed E-state index contributed by atoms with van der Waals surface area (Å²) in [6, 6.07) is 19.0. The van der Waals surface area contributed by atoms with Gasteiger partial charge in [0.2, 0.25) is 0 Å². The molecule has 37 heavy (non-hydrogen) atoms. The van der Waals surface area contributed by atoms with E-state index in [-0.39, 0.29) is 11.4 Å². The van der Waals surface area contributed by atoms with Crippen molar-refractivity contribution in [2.45, 2.75) is 17.9 Å². The van der Waals surface area contributed by atoms with E-state index in [1.165, 1.54) is 23.5 Å². The first kappa shape index (κ1) is 24.9. The Hall–Kier alpha value is -3.76. The number of hydrogen-bond acceptors (Lipinski definition) is 7. The number of hydrogen-bond donors (Lipinski definition) is 1. The van der Waals surface area contributed by atoms with Crippen LogP contribution in [0.2, 0.25) is 0 Å². The molecule has 2 heterocycles. The normalized spacial score (nSPS) is 17.5. The molecular weight excluding hydrogens is 494 g/mol. The number of methoxy groups -OCH3 is 1. The van der Waals surface area contributed by atoms with Gasteiger partial charge in [0.05, 0.1) is 37.5 Å². The average Bonchev–Trinajstić information content (AvgIpc) is 2.93. The number of carbonyl (C=O) groups excluding carboxylic acids is 1. The lowest BCUT2D eigenvalue weighted by Gasteiger charge is -2.35. The van der Waals surface area contributed by atoms with Crippen molar-refractivity contribution in [2.75, 3.05) is 54.5 Å². The van der Waals surface area contributed by atoms with Crippen molar-refractivity contribution >= 4 is 33.0 Å². The zero-order valence-electron chi connectivity index (χ0n) is 20.7. The highest BCUT2D eigenvalue weighted by Crippen LogP contribution is 2.38. The van der Waals surface area contributed by atoms with E-state index in [0.29, 0.717) is 36.1 Å². The smallest absolute Gasteiger partial charge is 0.267 e. The third kappa shape index (κ3) is 5.21. The average molecular weight is 524 g/mol.